The van der Waals surface area contributed by atoms with Crippen LogP contribution in [0.15, 0.2) is 18.3 Å². The third-order valence-corrected chi connectivity index (χ3v) is 4.67. The highest BCUT2D eigenvalue weighted by Crippen LogP contribution is 2.36. The zero-order chi connectivity index (χ0) is 26.6. The Morgan fingerprint density at radius 1 is 1.23 bits per heavy atom. The minimum Gasteiger partial charge on any atom is -0.496 e. The van der Waals surface area contributed by atoms with Crippen molar-refractivity contribution in [1.29, 1.82) is 0 Å². The van der Waals surface area contributed by atoms with E-state index in [9.17, 15) is 27.9 Å². The molecule has 1 aromatic heterocycles. The maximum absolute atomic E-state index is 13.1. The number of hydrogen-bond donors (Lipinski definition) is 4. The fourth-order valence-electron chi connectivity index (χ4n) is 2.87. The maximum atomic E-state index is 13.1. The SMILES string of the molecule is CNc1nc(Nc2cc(OC)c(C[C@H](NC(=O)OC(C)(C)C)C(=O)O)cc2Cl)ncc1C(F)(F)F. The number of carbonyl (C=O) groups excluding carboxylic acids is 1. The van der Waals surface area contributed by atoms with Crippen molar-refractivity contribution >= 4 is 41.1 Å². The predicted molar refractivity (Wildman–Crippen MR) is 122 cm³/mol. The highest BCUT2D eigenvalue weighted by atomic mass is 35.5. The topological polar surface area (TPSA) is 135 Å². The van der Waals surface area contributed by atoms with Crippen molar-refractivity contribution in [3.05, 3.63) is 34.5 Å². The van der Waals surface area contributed by atoms with E-state index in [0.29, 0.717) is 11.8 Å². The molecule has 1 aromatic carbocycles. The Balaban J connectivity index is 2.30. The van der Waals surface area contributed by atoms with Crippen LogP contribution in [0, 0.1) is 0 Å². The second-order valence-electron chi connectivity index (χ2n) is 8.21. The van der Waals surface area contributed by atoms with Crippen molar-refractivity contribution in [1.82, 2.24) is 15.3 Å². The summed E-state index contributed by atoms with van der Waals surface area (Å²) in [5.74, 6) is -1.72. The first-order valence-electron chi connectivity index (χ1n) is 10.1. The second-order valence-corrected chi connectivity index (χ2v) is 8.62. The number of carbonyl (C=O) groups is 2. The third kappa shape index (κ3) is 7.77. The van der Waals surface area contributed by atoms with Gasteiger partial charge in [0.05, 0.1) is 17.8 Å². The van der Waals surface area contributed by atoms with Gasteiger partial charge in [0.2, 0.25) is 5.95 Å². The zero-order valence-electron chi connectivity index (χ0n) is 19.5. The molecule has 0 bridgehead atoms. The summed E-state index contributed by atoms with van der Waals surface area (Å²) >= 11 is 6.31. The van der Waals surface area contributed by atoms with Crippen LogP contribution in [0.25, 0.3) is 0 Å². The molecule has 10 nitrogen and oxygen atoms in total. The molecule has 0 aliphatic carbocycles. The van der Waals surface area contributed by atoms with Crippen molar-refractivity contribution < 1.29 is 37.3 Å². The summed E-state index contributed by atoms with van der Waals surface area (Å²) in [4.78, 5) is 31.2. The Kier molecular flexibility index (Phi) is 8.60. The highest BCUT2D eigenvalue weighted by Gasteiger charge is 2.35. The van der Waals surface area contributed by atoms with Gasteiger partial charge in [-0.3, -0.25) is 0 Å². The Hall–Kier alpha value is -3.48. The molecule has 0 aliphatic rings. The summed E-state index contributed by atoms with van der Waals surface area (Å²) in [5.41, 5.74) is -1.33. The molecule has 35 heavy (non-hydrogen) atoms. The first-order valence-corrected chi connectivity index (χ1v) is 10.5. The van der Waals surface area contributed by atoms with Crippen molar-refractivity contribution in [2.75, 3.05) is 24.8 Å². The number of benzene rings is 1. The van der Waals surface area contributed by atoms with Gasteiger partial charge in [-0.05, 0) is 32.4 Å². The Morgan fingerprint density at radius 3 is 2.40 bits per heavy atom. The molecule has 2 aromatic rings. The molecule has 0 fully saturated rings. The zero-order valence-corrected chi connectivity index (χ0v) is 20.3. The van der Waals surface area contributed by atoms with Gasteiger partial charge in [-0.2, -0.15) is 18.2 Å². The molecule has 0 unspecified atom stereocenters. The van der Waals surface area contributed by atoms with Gasteiger partial charge in [0.1, 0.15) is 28.8 Å². The normalized spacial score (nSPS) is 12.5. The van der Waals surface area contributed by atoms with E-state index in [1.54, 1.807) is 20.8 Å². The van der Waals surface area contributed by atoms with Gasteiger partial charge in [-0.1, -0.05) is 11.6 Å². The van der Waals surface area contributed by atoms with Gasteiger partial charge in [0.15, 0.2) is 0 Å². The number of nitrogens with zero attached hydrogens (tertiary/aromatic N) is 2. The highest BCUT2D eigenvalue weighted by molar-refractivity contribution is 6.33. The molecule has 1 atom stereocenters. The maximum Gasteiger partial charge on any atom is 0.421 e. The van der Waals surface area contributed by atoms with Crippen LogP contribution in [0.1, 0.15) is 31.9 Å². The van der Waals surface area contributed by atoms with Crippen LogP contribution in [0.3, 0.4) is 0 Å². The number of carboxylic acids is 1. The van der Waals surface area contributed by atoms with Crippen LogP contribution in [0.2, 0.25) is 5.02 Å². The van der Waals surface area contributed by atoms with Crippen LogP contribution < -0.4 is 20.7 Å². The first-order chi connectivity index (χ1) is 16.1. The minimum atomic E-state index is -4.65. The molecule has 192 valence electrons. The standard InChI is InChI=1S/C21H25ClF3N5O5/c1-20(2,3)35-19(33)29-14(17(31)32)7-10-6-12(22)13(8-15(10)34-5)28-18-27-9-11(21(23,24)25)16(26-4)30-18/h6,8-9,14H,7H2,1-5H3,(H,29,33)(H,31,32)(H2,26,27,28,30)/t14-/m0/s1. The molecule has 0 saturated carbocycles. The number of aliphatic carboxylic acids is 1. The van der Waals surface area contributed by atoms with Gasteiger partial charge in [-0.15, -0.1) is 0 Å². The van der Waals surface area contributed by atoms with Crippen LogP contribution >= 0.6 is 11.6 Å². The number of nitrogens with one attached hydrogen (secondary N) is 3. The van der Waals surface area contributed by atoms with E-state index < -0.39 is 41.3 Å². The largest absolute Gasteiger partial charge is 0.496 e. The number of aromatic nitrogens is 2. The van der Waals surface area contributed by atoms with E-state index >= 15 is 0 Å². The van der Waals surface area contributed by atoms with Gasteiger partial charge in [0.25, 0.3) is 0 Å². The molecule has 1 heterocycles. The van der Waals surface area contributed by atoms with Crippen LogP contribution in [-0.4, -0.2) is 52.9 Å². The lowest BCUT2D eigenvalue weighted by Gasteiger charge is -2.22. The number of carboxylic acid groups (broad SMARTS) is 1. The number of amides is 1. The number of alkyl halides is 3. The number of halogens is 4. The number of anilines is 3. The fraction of sp³-hybridized carbons (Fsp3) is 0.429. The lowest BCUT2D eigenvalue weighted by Crippen LogP contribution is -2.44. The summed E-state index contributed by atoms with van der Waals surface area (Å²) in [6.07, 6.45) is -5.13. The number of hydrogen-bond acceptors (Lipinski definition) is 8. The summed E-state index contributed by atoms with van der Waals surface area (Å²) in [7, 11) is 2.62. The van der Waals surface area contributed by atoms with Gasteiger partial charge >= 0.3 is 18.2 Å². The molecular formula is C21H25ClF3N5O5. The average molecular weight is 520 g/mol. The minimum absolute atomic E-state index is 0.0803. The van der Waals surface area contributed by atoms with Crippen molar-refractivity contribution in [3.63, 3.8) is 0 Å². The van der Waals surface area contributed by atoms with Crippen molar-refractivity contribution in [3.8, 4) is 5.75 Å². The summed E-state index contributed by atoms with van der Waals surface area (Å²) in [5, 5.41) is 17.0. The first kappa shape index (κ1) is 27.8. The van der Waals surface area contributed by atoms with Gasteiger partial charge < -0.3 is 30.5 Å². The van der Waals surface area contributed by atoms with Crippen LogP contribution in [0.4, 0.5) is 35.4 Å². The third-order valence-electron chi connectivity index (χ3n) is 4.36. The van der Waals surface area contributed by atoms with Crippen LogP contribution in [0.5, 0.6) is 5.75 Å². The lowest BCUT2D eigenvalue weighted by molar-refractivity contribution is -0.139. The van der Waals surface area contributed by atoms with Crippen molar-refractivity contribution in [2.45, 2.75) is 45.0 Å². The summed E-state index contributed by atoms with van der Waals surface area (Å²) < 4.78 is 49.6. The molecule has 1 amide bonds. The molecule has 0 saturated heterocycles. The summed E-state index contributed by atoms with van der Waals surface area (Å²) in [6, 6.07) is 1.45. The molecule has 0 aliphatic heterocycles. The molecule has 0 spiro atoms. The molecule has 14 heteroatoms. The quantitative estimate of drug-likeness (QED) is 0.398. The fourth-order valence-corrected chi connectivity index (χ4v) is 3.10. The smallest absolute Gasteiger partial charge is 0.421 e. The van der Waals surface area contributed by atoms with E-state index in [-0.39, 0.29) is 28.8 Å². The lowest BCUT2D eigenvalue weighted by atomic mass is 10.0. The average Bonchev–Trinajstić information content (AvgIpc) is 2.72. The van der Waals surface area contributed by atoms with Gasteiger partial charge in [0, 0.05) is 25.7 Å². The van der Waals surface area contributed by atoms with Gasteiger partial charge in [-0.25, -0.2) is 14.6 Å². The number of ether oxygens (including phenoxy) is 2. The van der Waals surface area contributed by atoms with E-state index in [2.05, 4.69) is 25.9 Å². The van der Waals surface area contributed by atoms with E-state index in [4.69, 9.17) is 21.1 Å². The number of rotatable bonds is 8. The van der Waals surface area contributed by atoms with E-state index in [0.717, 1.165) is 0 Å². The van der Waals surface area contributed by atoms with E-state index in [1.807, 2.05) is 0 Å². The Labute approximate surface area is 204 Å². The Morgan fingerprint density at radius 2 is 1.89 bits per heavy atom. The molecule has 2 rings (SSSR count). The summed E-state index contributed by atoms with van der Waals surface area (Å²) in [6.45, 7) is 4.91. The van der Waals surface area contributed by atoms with E-state index in [1.165, 1.54) is 26.3 Å². The number of alkyl carbamates (subject to hydrolysis) is 1. The Bertz CT molecular complexity index is 1090. The molecular weight excluding hydrogens is 495 g/mol. The van der Waals surface area contributed by atoms with Crippen molar-refractivity contribution in [2.24, 2.45) is 0 Å². The van der Waals surface area contributed by atoms with Crippen LogP contribution in [-0.2, 0) is 22.1 Å². The second kappa shape index (κ2) is 10.8. The predicted octanol–water partition coefficient (Wildman–Crippen LogP) is 4.46. The number of methoxy groups -OCH3 is 1. The monoisotopic (exact) mass is 519 g/mol. The molecule has 0 radical (unpaired) electrons. The molecule has 4 N–H and O–H groups in total.